The Balaban J connectivity index is 1.22. The zero-order chi connectivity index (χ0) is 30.0. The molecule has 2 aliphatic carbocycles. The number of carbonyl (C=O) groups is 1. The van der Waals surface area contributed by atoms with Crippen LogP contribution in [0.2, 0.25) is 5.02 Å². The fourth-order valence-corrected chi connectivity index (χ4v) is 7.36. The topological polar surface area (TPSA) is 66.0 Å². The van der Waals surface area contributed by atoms with Crippen LogP contribution in [-0.2, 0) is 32.7 Å². The summed E-state index contributed by atoms with van der Waals surface area (Å²) in [4.78, 5) is 13.3. The van der Waals surface area contributed by atoms with Crippen molar-refractivity contribution in [2.45, 2.75) is 63.0 Å². The molecule has 3 aromatic rings. The molecule has 1 heterocycles. The lowest BCUT2D eigenvalue weighted by Gasteiger charge is -2.46. The lowest BCUT2D eigenvalue weighted by atomic mass is 9.61. The molecule has 1 atom stereocenters. The summed E-state index contributed by atoms with van der Waals surface area (Å²) < 4.78 is 22.8. The minimum absolute atomic E-state index is 0.134. The Bertz CT molecular complexity index is 1510. The van der Waals surface area contributed by atoms with Gasteiger partial charge in [0.1, 0.15) is 17.0 Å². The molecule has 6 rings (SSSR count). The molecular weight excluding hydrogens is 562 g/mol. The summed E-state index contributed by atoms with van der Waals surface area (Å²) in [6, 6.07) is 20.2. The molecule has 3 aromatic carbocycles. The number of allylic oxidation sites excluding steroid dienone is 1. The Morgan fingerprint density at radius 3 is 2.56 bits per heavy atom. The SMILES string of the molecule is COC(=O)C1(Nc2cccc(Cl)c2)CCC2(CC1)C(C[C@@H](C)COCc1ccc(OC)cc1)=Cc1cc3c(cc12)CCO3. The second-order valence-electron chi connectivity index (χ2n) is 12.3. The Morgan fingerprint density at radius 1 is 1.05 bits per heavy atom. The summed E-state index contributed by atoms with van der Waals surface area (Å²) in [5.41, 5.74) is 6.34. The van der Waals surface area contributed by atoms with E-state index in [2.05, 4.69) is 30.4 Å². The standard InChI is InChI=1S/C36H40ClNO5/c1-24(22-42-23-25-7-9-31(40-2)10-8-25)17-28-18-27-20-33-26(11-16-43-33)19-32(27)35(28)12-14-36(15-13-35,34(39)41-3)38-30-6-4-5-29(37)21-30/h4-10,18-21,24,38H,11-17,22-23H2,1-3H3/t24-,35?,36?/m1/s1. The molecule has 226 valence electrons. The number of anilines is 1. The van der Waals surface area contributed by atoms with Gasteiger partial charge < -0.3 is 24.3 Å². The van der Waals surface area contributed by atoms with Gasteiger partial charge in [0.05, 0.1) is 27.4 Å². The quantitative estimate of drug-likeness (QED) is 0.240. The third-order valence-corrected chi connectivity index (χ3v) is 9.70. The Morgan fingerprint density at radius 2 is 1.84 bits per heavy atom. The minimum Gasteiger partial charge on any atom is -0.497 e. The van der Waals surface area contributed by atoms with Gasteiger partial charge in [0.25, 0.3) is 0 Å². The van der Waals surface area contributed by atoms with E-state index < -0.39 is 5.54 Å². The first kappa shape index (κ1) is 29.6. The number of fused-ring (bicyclic) bond motifs is 3. The largest absolute Gasteiger partial charge is 0.497 e. The maximum atomic E-state index is 13.3. The fourth-order valence-electron chi connectivity index (χ4n) is 7.17. The molecule has 1 aliphatic heterocycles. The van der Waals surface area contributed by atoms with Crippen LogP contribution in [0.4, 0.5) is 5.69 Å². The van der Waals surface area contributed by atoms with E-state index in [-0.39, 0.29) is 11.4 Å². The molecule has 0 radical (unpaired) electrons. The van der Waals surface area contributed by atoms with E-state index in [1.807, 2.05) is 48.5 Å². The zero-order valence-electron chi connectivity index (χ0n) is 25.2. The highest BCUT2D eigenvalue weighted by Gasteiger charge is 2.52. The van der Waals surface area contributed by atoms with E-state index in [0.717, 1.165) is 55.0 Å². The van der Waals surface area contributed by atoms with Crippen LogP contribution in [0.1, 0.15) is 61.3 Å². The number of hydrogen-bond donors (Lipinski definition) is 1. The van der Waals surface area contributed by atoms with Crippen LogP contribution >= 0.6 is 11.6 Å². The molecule has 1 fully saturated rings. The third-order valence-electron chi connectivity index (χ3n) is 9.46. The van der Waals surface area contributed by atoms with E-state index in [9.17, 15) is 4.79 Å². The summed E-state index contributed by atoms with van der Waals surface area (Å²) in [6.07, 6.45) is 7.23. The molecule has 0 aromatic heterocycles. The second-order valence-corrected chi connectivity index (χ2v) is 12.7. The van der Waals surface area contributed by atoms with Gasteiger partial charge in [-0.15, -0.1) is 0 Å². The summed E-state index contributed by atoms with van der Waals surface area (Å²) in [7, 11) is 3.15. The number of benzene rings is 3. The van der Waals surface area contributed by atoms with E-state index in [0.29, 0.717) is 37.0 Å². The Labute approximate surface area is 259 Å². The summed E-state index contributed by atoms with van der Waals surface area (Å²) in [5.74, 6) is 1.95. The van der Waals surface area contributed by atoms with Gasteiger partial charge in [-0.2, -0.15) is 0 Å². The molecular formula is C36H40ClNO5. The molecule has 0 amide bonds. The smallest absolute Gasteiger partial charge is 0.331 e. The van der Waals surface area contributed by atoms with Crippen molar-refractivity contribution in [3.8, 4) is 11.5 Å². The fraction of sp³-hybridized carbons (Fsp3) is 0.417. The summed E-state index contributed by atoms with van der Waals surface area (Å²) in [6.45, 7) is 4.23. The predicted octanol–water partition coefficient (Wildman–Crippen LogP) is 7.76. The van der Waals surface area contributed by atoms with E-state index in [4.69, 9.17) is 30.5 Å². The van der Waals surface area contributed by atoms with E-state index in [1.54, 1.807) is 7.11 Å². The number of rotatable bonds is 10. The number of methoxy groups -OCH3 is 2. The van der Waals surface area contributed by atoms with Crippen molar-refractivity contribution >= 4 is 29.3 Å². The molecule has 1 N–H and O–H groups in total. The average molecular weight is 602 g/mol. The Hall–Kier alpha value is -3.48. The third kappa shape index (κ3) is 5.87. The van der Waals surface area contributed by atoms with Crippen molar-refractivity contribution in [3.05, 3.63) is 93.5 Å². The van der Waals surface area contributed by atoms with Crippen molar-refractivity contribution in [2.24, 2.45) is 5.92 Å². The van der Waals surface area contributed by atoms with Crippen molar-refractivity contribution in [2.75, 3.05) is 32.8 Å². The van der Waals surface area contributed by atoms with Gasteiger partial charge in [0.15, 0.2) is 0 Å². The number of hydrogen-bond acceptors (Lipinski definition) is 6. The molecule has 3 aliphatic rings. The van der Waals surface area contributed by atoms with Gasteiger partial charge in [-0.3, -0.25) is 0 Å². The second kappa shape index (κ2) is 12.3. The van der Waals surface area contributed by atoms with Gasteiger partial charge >= 0.3 is 5.97 Å². The molecule has 43 heavy (non-hydrogen) atoms. The summed E-state index contributed by atoms with van der Waals surface area (Å²) in [5, 5.41) is 4.17. The number of carbonyl (C=O) groups excluding carboxylic acids is 1. The minimum atomic E-state index is -0.814. The van der Waals surface area contributed by atoms with Crippen LogP contribution in [0.25, 0.3) is 6.08 Å². The lowest BCUT2D eigenvalue weighted by molar-refractivity contribution is -0.147. The molecule has 6 nitrogen and oxygen atoms in total. The van der Waals surface area contributed by atoms with Crippen molar-refractivity contribution in [1.82, 2.24) is 0 Å². The van der Waals surface area contributed by atoms with Gasteiger partial charge in [0.2, 0.25) is 0 Å². The zero-order valence-corrected chi connectivity index (χ0v) is 26.0. The predicted molar refractivity (Wildman–Crippen MR) is 170 cm³/mol. The van der Waals surface area contributed by atoms with Gasteiger partial charge in [-0.1, -0.05) is 54.4 Å². The molecule has 1 spiro atoms. The Kier molecular flexibility index (Phi) is 8.43. The van der Waals surface area contributed by atoms with Gasteiger partial charge in [-0.05, 0) is 96.7 Å². The number of ether oxygens (including phenoxy) is 4. The van der Waals surface area contributed by atoms with Crippen LogP contribution in [0.3, 0.4) is 0 Å². The number of nitrogens with one attached hydrogen (secondary N) is 1. The molecule has 0 bridgehead atoms. The van der Waals surface area contributed by atoms with Crippen LogP contribution in [0.15, 0.2) is 66.2 Å². The maximum absolute atomic E-state index is 13.3. The maximum Gasteiger partial charge on any atom is 0.331 e. The first-order valence-electron chi connectivity index (χ1n) is 15.2. The van der Waals surface area contributed by atoms with Gasteiger partial charge in [-0.25, -0.2) is 4.79 Å². The average Bonchev–Trinajstić information content (AvgIpc) is 3.59. The highest BCUT2D eigenvalue weighted by molar-refractivity contribution is 6.30. The van der Waals surface area contributed by atoms with E-state index in [1.165, 1.54) is 29.4 Å². The molecule has 7 heteroatoms. The number of halogens is 1. The van der Waals surface area contributed by atoms with Crippen LogP contribution in [0, 0.1) is 5.92 Å². The first-order chi connectivity index (χ1) is 20.8. The highest BCUT2D eigenvalue weighted by atomic mass is 35.5. The van der Waals surface area contributed by atoms with Crippen LogP contribution < -0.4 is 14.8 Å². The van der Waals surface area contributed by atoms with Crippen molar-refractivity contribution in [3.63, 3.8) is 0 Å². The number of esters is 1. The molecule has 1 saturated carbocycles. The first-order valence-corrected chi connectivity index (χ1v) is 15.6. The lowest BCUT2D eigenvalue weighted by Crippen LogP contribution is -2.52. The summed E-state index contributed by atoms with van der Waals surface area (Å²) >= 11 is 6.28. The monoisotopic (exact) mass is 601 g/mol. The van der Waals surface area contributed by atoms with Crippen molar-refractivity contribution in [1.29, 1.82) is 0 Å². The van der Waals surface area contributed by atoms with E-state index >= 15 is 0 Å². The van der Waals surface area contributed by atoms with Crippen LogP contribution in [0.5, 0.6) is 11.5 Å². The molecule has 0 unspecified atom stereocenters. The normalized spacial score (nSPS) is 22.7. The van der Waals surface area contributed by atoms with Crippen molar-refractivity contribution < 1.29 is 23.7 Å². The molecule has 0 saturated heterocycles. The van der Waals surface area contributed by atoms with Crippen LogP contribution in [-0.4, -0.2) is 38.9 Å². The van der Waals surface area contributed by atoms with Gasteiger partial charge in [0, 0.05) is 29.2 Å². The highest BCUT2D eigenvalue weighted by Crippen LogP contribution is 2.56.